The van der Waals surface area contributed by atoms with Crippen molar-refractivity contribution in [2.75, 3.05) is 6.54 Å². The van der Waals surface area contributed by atoms with Crippen molar-refractivity contribution in [3.63, 3.8) is 0 Å². The number of nitrogens with two attached hydrogens (primary N) is 1. The first-order valence-electron chi connectivity index (χ1n) is 16.8. The van der Waals surface area contributed by atoms with E-state index in [1.54, 1.807) is 34.7 Å². The van der Waals surface area contributed by atoms with E-state index >= 15 is 13.2 Å². The van der Waals surface area contributed by atoms with Gasteiger partial charge >= 0.3 is 0 Å². The van der Waals surface area contributed by atoms with Gasteiger partial charge in [-0.3, -0.25) is 9.59 Å². The van der Waals surface area contributed by atoms with Crippen molar-refractivity contribution in [3.05, 3.63) is 47.4 Å². The fourth-order valence-corrected chi connectivity index (χ4v) is 8.30. The van der Waals surface area contributed by atoms with E-state index in [4.69, 9.17) is 15.7 Å². The summed E-state index contributed by atoms with van der Waals surface area (Å²) >= 11 is 0. The van der Waals surface area contributed by atoms with Gasteiger partial charge in [-0.15, -0.1) is 0 Å². The molecule has 3 N–H and O–H groups in total. The van der Waals surface area contributed by atoms with Crippen LogP contribution in [-0.2, 0) is 18.4 Å². The predicted molar refractivity (Wildman–Crippen MR) is 171 cm³/mol. The molecule has 4 atom stereocenters. The molecule has 4 aliphatic rings. The Bertz CT molecular complexity index is 1930. The number of benzene rings is 1. The molecule has 248 valence electrons. The van der Waals surface area contributed by atoms with Gasteiger partial charge in [0.1, 0.15) is 17.0 Å². The van der Waals surface area contributed by atoms with E-state index in [0.717, 1.165) is 32.1 Å². The highest BCUT2D eigenvalue weighted by atomic mass is 19.3. The van der Waals surface area contributed by atoms with E-state index < -0.39 is 29.7 Å². The molecule has 4 aromatic rings. The lowest BCUT2D eigenvalue weighted by molar-refractivity contribution is -0.127. The summed E-state index contributed by atoms with van der Waals surface area (Å²) in [6.45, 7) is 1.67. The van der Waals surface area contributed by atoms with Crippen LogP contribution in [0.1, 0.15) is 86.8 Å². The van der Waals surface area contributed by atoms with Crippen LogP contribution in [0, 0.1) is 17.2 Å². The number of aromatic nitrogens is 4. The zero-order chi connectivity index (χ0) is 32.8. The Balaban J connectivity index is 1.21. The summed E-state index contributed by atoms with van der Waals surface area (Å²) in [5, 5.41) is 3.74. The SMILES string of the molecule is C[C@H]1NC(=O)C2(CCCCC(F)(F)Cn3c(-c4nc5cc(C(=O)N6C[C@H](N)[C@@H]7CC[C@H]6C7)cc(F)c5n4C)cc4ccc1nc43)CC2. The summed E-state index contributed by atoms with van der Waals surface area (Å²) in [5.41, 5.74) is 7.81. The number of halogens is 3. The van der Waals surface area contributed by atoms with Gasteiger partial charge in [-0.25, -0.2) is 23.1 Å². The number of piperidine rings is 1. The Morgan fingerprint density at radius 1 is 1.06 bits per heavy atom. The van der Waals surface area contributed by atoms with Crippen LogP contribution in [0.15, 0.2) is 30.3 Å². The van der Waals surface area contributed by atoms with Crippen molar-refractivity contribution in [1.29, 1.82) is 0 Å². The topological polar surface area (TPSA) is 111 Å². The molecule has 1 saturated heterocycles. The van der Waals surface area contributed by atoms with Crippen molar-refractivity contribution in [3.8, 4) is 11.5 Å². The molecule has 1 spiro atoms. The third-order valence-electron chi connectivity index (χ3n) is 11.3. The fourth-order valence-electron chi connectivity index (χ4n) is 8.30. The smallest absolute Gasteiger partial charge is 0.265 e. The second-order valence-electron chi connectivity index (χ2n) is 14.5. The van der Waals surface area contributed by atoms with Gasteiger partial charge in [0.05, 0.1) is 29.5 Å². The number of likely N-dealkylation sites (tertiary alicyclic amines) is 1. The number of nitrogens with zero attached hydrogens (tertiary/aromatic N) is 5. The molecule has 3 fully saturated rings. The normalized spacial score (nSPS) is 27.0. The third kappa shape index (κ3) is 5.10. The highest BCUT2D eigenvalue weighted by molar-refractivity contribution is 5.98. The molecular weight excluding hydrogens is 607 g/mol. The summed E-state index contributed by atoms with van der Waals surface area (Å²) in [6.07, 6.45) is 5.41. The van der Waals surface area contributed by atoms with Crippen LogP contribution in [0.5, 0.6) is 0 Å². The Morgan fingerprint density at radius 2 is 1.85 bits per heavy atom. The number of pyridine rings is 1. The summed E-state index contributed by atoms with van der Waals surface area (Å²) < 4.78 is 50.3. The Labute approximate surface area is 270 Å². The molecule has 2 amide bonds. The first kappa shape index (κ1) is 30.4. The fraction of sp³-hybridized carbons (Fsp3) is 0.543. The molecule has 1 aromatic carbocycles. The molecule has 12 heteroatoms. The number of fused-ring (bicyclic) bond motifs is 4. The number of imidazole rings is 1. The number of carbonyl (C=O) groups excluding carboxylic acids is 2. The van der Waals surface area contributed by atoms with E-state index in [2.05, 4.69) is 5.32 Å². The number of rotatable bonds is 2. The van der Waals surface area contributed by atoms with Crippen LogP contribution in [0.3, 0.4) is 0 Å². The third-order valence-corrected chi connectivity index (χ3v) is 11.3. The standard InChI is InChI=1S/C35H40F3N7O2/c1-19-26-8-6-21-16-28(45(30(21)41-26)18-35(37,38)10-4-3-9-34(11-12-34)33(47)40-19)31-42-27-15-22(14-24(36)29(27)43(31)2)32(46)44-17-25(39)20-5-7-23(44)13-20/h6,8,14-16,19-20,23,25H,3-5,7,9-13,17-18,39H2,1-2H3,(H,40,47)/t19-,20-,23+,25+/m1/s1. The lowest BCUT2D eigenvalue weighted by atomic mass is 9.94. The van der Waals surface area contributed by atoms with E-state index in [0.29, 0.717) is 54.1 Å². The van der Waals surface area contributed by atoms with Gasteiger partial charge in [0.2, 0.25) is 5.91 Å². The van der Waals surface area contributed by atoms with Crippen LogP contribution in [0.4, 0.5) is 13.2 Å². The van der Waals surface area contributed by atoms with Gasteiger partial charge < -0.3 is 25.1 Å². The highest BCUT2D eigenvalue weighted by Gasteiger charge is 2.49. The summed E-state index contributed by atoms with van der Waals surface area (Å²) in [7, 11) is 1.65. The maximum atomic E-state index is 15.8. The van der Waals surface area contributed by atoms with Crippen LogP contribution < -0.4 is 11.1 Å². The molecule has 3 aromatic heterocycles. The summed E-state index contributed by atoms with van der Waals surface area (Å²) in [5.74, 6) is -3.28. The summed E-state index contributed by atoms with van der Waals surface area (Å²) in [6, 6.07) is 7.78. The molecule has 0 radical (unpaired) electrons. The Kier molecular flexibility index (Phi) is 6.99. The molecule has 4 bridgehead atoms. The Hall–Kier alpha value is -3.93. The lowest BCUT2D eigenvalue weighted by Crippen LogP contribution is -2.51. The average molecular weight is 648 g/mol. The molecule has 2 aliphatic heterocycles. The van der Waals surface area contributed by atoms with Crippen molar-refractivity contribution in [1.82, 2.24) is 29.3 Å². The quantitative estimate of drug-likeness (QED) is 0.284. The van der Waals surface area contributed by atoms with Crippen LogP contribution >= 0.6 is 0 Å². The molecule has 9 nitrogen and oxygen atoms in total. The van der Waals surface area contributed by atoms with Crippen molar-refractivity contribution in [2.45, 2.75) is 95.3 Å². The van der Waals surface area contributed by atoms with Crippen LogP contribution in [0.2, 0.25) is 0 Å². The van der Waals surface area contributed by atoms with E-state index in [9.17, 15) is 9.59 Å². The van der Waals surface area contributed by atoms with Gasteiger partial charge in [-0.05, 0) is 88.1 Å². The number of carbonyl (C=O) groups is 2. The van der Waals surface area contributed by atoms with Crippen LogP contribution in [-0.4, -0.2) is 60.4 Å². The maximum absolute atomic E-state index is 15.8. The second kappa shape index (κ2) is 10.8. The Morgan fingerprint density at radius 3 is 2.64 bits per heavy atom. The monoisotopic (exact) mass is 647 g/mol. The van der Waals surface area contributed by atoms with Crippen molar-refractivity contribution < 1.29 is 22.8 Å². The largest absolute Gasteiger partial charge is 0.348 e. The van der Waals surface area contributed by atoms with Gasteiger partial charge in [0.25, 0.3) is 11.8 Å². The van der Waals surface area contributed by atoms with E-state index in [-0.39, 0.29) is 52.7 Å². The second-order valence-corrected chi connectivity index (χ2v) is 14.5. The number of nitrogens with one attached hydrogen (secondary N) is 1. The van der Waals surface area contributed by atoms with E-state index in [1.165, 1.54) is 10.6 Å². The number of hydrogen-bond donors (Lipinski definition) is 2. The number of alkyl halides is 2. The molecule has 47 heavy (non-hydrogen) atoms. The maximum Gasteiger partial charge on any atom is 0.265 e. The van der Waals surface area contributed by atoms with Crippen LogP contribution in [0.25, 0.3) is 33.6 Å². The molecule has 8 rings (SSSR count). The summed E-state index contributed by atoms with van der Waals surface area (Å²) in [4.78, 5) is 38.1. The lowest BCUT2D eigenvalue weighted by Gasteiger charge is -2.37. The predicted octanol–water partition coefficient (Wildman–Crippen LogP) is 5.85. The first-order valence-corrected chi connectivity index (χ1v) is 16.8. The zero-order valence-electron chi connectivity index (χ0n) is 26.7. The minimum atomic E-state index is -3.06. The van der Waals surface area contributed by atoms with Gasteiger partial charge in [-0.1, -0.05) is 6.42 Å². The van der Waals surface area contributed by atoms with Gasteiger partial charge in [-0.2, -0.15) is 0 Å². The number of amides is 2. The molecular formula is C35H40F3N7O2. The average Bonchev–Trinajstić information content (AvgIpc) is 3.40. The minimum absolute atomic E-state index is 0.0399. The number of aryl methyl sites for hydroxylation is 1. The van der Waals surface area contributed by atoms with Crippen molar-refractivity contribution >= 4 is 33.9 Å². The molecule has 0 unspecified atom stereocenters. The van der Waals surface area contributed by atoms with Gasteiger partial charge in [0.15, 0.2) is 5.82 Å². The highest BCUT2D eigenvalue weighted by Crippen LogP contribution is 2.51. The molecule has 2 saturated carbocycles. The first-order chi connectivity index (χ1) is 22.4. The van der Waals surface area contributed by atoms with Crippen molar-refractivity contribution in [2.24, 2.45) is 24.1 Å². The van der Waals surface area contributed by atoms with E-state index in [1.807, 2.05) is 13.0 Å². The minimum Gasteiger partial charge on any atom is -0.348 e. The number of hydrogen-bond acceptors (Lipinski definition) is 5. The molecule has 2 aliphatic carbocycles. The molecule has 5 heterocycles. The van der Waals surface area contributed by atoms with Gasteiger partial charge in [0, 0.05) is 48.5 Å². The zero-order valence-corrected chi connectivity index (χ0v) is 26.7.